The largest absolute Gasteiger partial charge is 0.317 e. The van der Waals surface area contributed by atoms with E-state index in [1.807, 2.05) is 6.07 Å². The van der Waals surface area contributed by atoms with Gasteiger partial charge in [0.1, 0.15) is 0 Å². The molecule has 65 valence electrons. The molecule has 1 N–H and O–H groups in total. The van der Waals surface area contributed by atoms with E-state index in [2.05, 4.69) is 42.9 Å². The second-order valence-electron chi connectivity index (χ2n) is 2.79. The fraction of sp³-hybridized carbons (Fsp3) is 0.364. The number of hydrogen-bond acceptors (Lipinski definition) is 1. The first-order chi connectivity index (χ1) is 5.93. The summed E-state index contributed by atoms with van der Waals surface area (Å²) in [5, 5.41) is 3.26. The molecule has 0 amide bonds. The molecule has 0 unspecified atom stereocenters. The molecule has 1 heteroatoms. The standard InChI is InChI=1S/C11H16N/c1-2-12-10-6-9-11-7-4-3-5-8-11/h3-8,12H,2,9-10H2,1H3. The average Bonchev–Trinajstić information content (AvgIpc) is 2.14. The molecule has 12 heavy (non-hydrogen) atoms. The lowest BCUT2D eigenvalue weighted by Crippen LogP contribution is -2.15. The number of rotatable bonds is 5. The van der Waals surface area contributed by atoms with Gasteiger partial charge < -0.3 is 5.32 Å². The third kappa shape index (κ3) is 3.54. The molecule has 0 heterocycles. The third-order valence-corrected chi connectivity index (χ3v) is 1.76. The van der Waals surface area contributed by atoms with Gasteiger partial charge in [0.05, 0.1) is 0 Å². The Bertz CT molecular complexity index is 193. The van der Waals surface area contributed by atoms with Crippen LogP contribution in [0, 0.1) is 6.42 Å². The lowest BCUT2D eigenvalue weighted by molar-refractivity contribution is 0.759. The molecular formula is C11H16N. The Labute approximate surface area is 74.8 Å². The summed E-state index contributed by atoms with van der Waals surface area (Å²) in [5.74, 6) is 0. The fourth-order valence-electron chi connectivity index (χ4n) is 1.10. The Morgan fingerprint density at radius 1 is 1.25 bits per heavy atom. The molecule has 1 radical (unpaired) electrons. The molecule has 0 aliphatic rings. The Kier molecular flexibility index (Phi) is 4.47. The molecule has 1 aromatic rings. The minimum Gasteiger partial charge on any atom is -0.317 e. The molecule has 1 nitrogen and oxygen atoms in total. The number of nitrogens with one attached hydrogen (secondary N) is 1. The highest BCUT2D eigenvalue weighted by Gasteiger charge is 1.90. The SMILES string of the molecule is CCNC[CH]Cc1ccccc1. The smallest absolute Gasteiger partial charge is 0.00142 e. The van der Waals surface area contributed by atoms with Crippen molar-refractivity contribution in [3.8, 4) is 0 Å². The van der Waals surface area contributed by atoms with Crippen molar-refractivity contribution in [1.29, 1.82) is 0 Å². The van der Waals surface area contributed by atoms with E-state index in [9.17, 15) is 0 Å². The summed E-state index contributed by atoms with van der Waals surface area (Å²) in [5.41, 5.74) is 1.38. The van der Waals surface area contributed by atoms with Crippen molar-refractivity contribution in [3.63, 3.8) is 0 Å². The molecule has 0 bridgehead atoms. The van der Waals surface area contributed by atoms with Crippen LogP contribution in [-0.2, 0) is 6.42 Å². The van der Waals surface area contributed by atoms with Crippen molar-refractivity contribution in [3.05, 3.63) is 42.3 Å². The average molecular weight is 162 g/mol. The molecule has 0 spiro atoms. The van der Waals surface area contributed by atoms with Gasteiger partial charge in [0.15, 0.2) is 0 Å². The first-order valence-electron chi connectivity index (χ1n) is 4.49. The van der Waals surface area contributed by atoms with Crippen LogP contribution in [0.5, 0.6) is 0 Å². The molecule has 0 saturated carbocycles. The first-order valence-corrected chi connectivity index (χ1v) is 4.49. The van der Waals surface area contributed by atoms with Crippen molar-refractivity contribution < 1.29 is 0 Å². The van der Waals surface area contributed by atoms with Crippen molar-refractivity contribution in [2.24, 2.45) is 0 Å². The van der Waals surface area contributed by atoms with E-state index < -0.39 is 0 Å². The van der Waals surface area contributed by atoms with Gasteiger partial charge in [0.25, 0.3) is 0 Å². The van der Waals surface area contributed by atoms with Crippen LogP contribution in [0.1, 0.15) is 12.5 Å². The summed E-state index contributed by atoms with van der Waals surface area (Å²) >= 11 is 0. The summed E-state index contributed by atoms with van der Waals surface area (Å²) < 4.78 is 0. The van der Waals surface area contributed by atoms with Crippen LogP contribution in [0.15, 0.2) is 30.3 Å². The van der Waals surface area contributed by atoms with Crippen LogP contribution in [0.2, 0.25) is 0 Å². The van der Waals surface area contributed by atoms with E-state index in [1.54, 1.807) is 0 Å². The second-order valence-corrected chi connectivity index (χ2v) is 2.79. The van der Waals surface area contributed by atoms with Crippen LogP contribution in [0.3, 0.4) is 0 Å². The predicted octanol–water partition coefficient (Wildman–Crippen LogP) is 2.04. The normalized spacial score (nSPS) is 10.1. The number of hydrogen-bond donors (Lipinski definition) is 1. The Morgan fingerprint density at radius 3 is 2.67 bits per heavy atom. The van der Waals surface area contributed by atoms with E-state index in [4.69, 9.17) is 0 Å². The fourth-order valence-corrected chi connectivity index (χ4v) is 1.10. The summed E-state index contributed by atoms with van der Waals surface area (Å²) in [6.45, 7) is 4.17. The maximum absolute atomic E-state index is 3.26. The van der Waals surface area contributed by atoms with Crippen LogP contribution in [0.4, 0.5) is 0 Å². The third-order valence-electron chi connectivity index (χ3n) is 1.76. The van der Waals surface area contributed by atoms with Crippen LogP contribution in [0.25, 0.3) is 0 Å². The molecule has 0 atom stereocenters. The lowest BCUT2D eigenvalue weighted by Gasteiger charge is -2.00. The van der Waals surface area contributed by atoms with Crippen LogP contribution >= 0.6 is 0 Å². The Hall–Kier alpha value is -0.820. The van der Waals surface area contributed by atoms with Gasteiger partial charge in [-0.05, 0) is 31.5 Å². The van der Waals surface area contributed by atoms with Gasteiger partial charge in [-0.3, -0.25) is 0 Å². The van der Waals surface area contributed by atoms with Gasteiger partial charge in [-0.2, -0.15) is 0 Å². The highest BCUT2D eigenvalue weighted by atomic mass is 14.8. The number of benzene rings is 1. The van der Waals surface area contributed by atoms with Gasteiger partial charge in [0.2, 0.25) is 0 Å². The van der Waals surface area contributed by atoms with E-state index in [0.717, 1.165) is 19.5 Å². The van der Waals surface area contributed by atoms with E-state index >= 15 is 0 Å². The molecule has 1 aromatic carbocycles. The molecule has 0 aliphatic heterocycles. The lowest BCUT2D eigenvalue weighted by atomic mass is 10.1. The monoisotopic (exact) mass is 162 g/mol. The summed E-state index contributed by atoms with van der Waals surface area (Å²) in [4.78, 5) is 0. The topological polar surface area (TPSA) is 12.0 Å². The summed E-state index contributed by atoms with van der Waals surface area (Å²) in [6, 6.07) is 10.5. The minimum absolute atomic E-state index is 1.01. The zero-order valence-electron chi connectivity index (χ0n) is 7.59. The Morgan fingerprint density at radius 2 is 2.00 bits per heavy atom. The second kappa shape index (κ2) is 5.78. The predicted molar refractivity (Wildman–Crippen MR) is 53.0 cm³/mol. The van der Waals surface area contributed by atoms with Crippen molar-refractivity contribution in [1.82, 2.24) is 5.32 Å². The van der Waals surface area contributed by atoms with E-state index in [-0.39, 0.29) is 0 Å². The van der Waals surface area contributed by atoms with Gasteiger partial charge in [-0.15, -0.1) is 0 Å². The molecule has 0 saturated heterocycles. The summed E-state index contributed by atoms with van der Waals surface area (Å²) in [6.07, 6.45) is 3.33. The highest BCUT2D eigenvalue weighted by molar-refractivity contribution is 5.16. The molecule has 1 rings (SSSR count). The van der Waals surface area contributed by atoms with Gasteiger partial charge in [0, 0.05) is 0 Å². The maximum atomic E-state index is 3.26. The molecule has 0 aliphatic carbocycles. The molecular weight excluding hydrogens is 146 g/mol. The zero-order chi connectivity index (χ0) is 8.65. The quantitative estimate of drug-likeness (QED) is 0.653. The zero-order valence-corrected chi connectivity index (χ0v) is 7.59. The molecule has 0 aromatic heterocycles. The van der Waals surface area contributed by atoms with Crippen LogP contribution < -0.4 is 5.32 Å². The van der Waals surface area contributed by atoms with Crippen LogP contribution in [-0.4, -0.2) is 13.1 Å². The molecule has 0 fully saturated rings. The minimum atomic E-state index is 1.01. The first kappa shape index (κ1) is 9.27. The van der Waals surface area contributed by atoms with Gasteiger partial charge in [-0.25, -0.2) is 0 Å². The van der Waals surface area contributed by atoms with E-state index in [0.29, 0.717) is 0 Å². The van der Waals surface area contributed by atoms with Crippen molar-refractivity contribution >= 4 is 0 Å². The summed E-state index contributed by atoms with van der Waals surface area (Å²) in [7, 11) is 0. The van der Waals surface area contributed by atoms with Crippen molar-refractivity contribution in [2.45, 2.75) is 13.3 Å². The highest BCUT2D eigenvalue weighted by Crippen LogP contribution is 2.00. The van der Waals surface area contributed by atoms with Gasteiger partial charge >= 0.3 is 0 Å². The van der Waals surface area contributed by atoms with Crippen molar-refractivity contribution in [2.75, 3.05) is 13.1 Å². The van der Waals surface area contributed by atoms with Gasteiger partial charge in [-0.1, -0.05) is 37.3 Å². The maximum Gasteiger partial charge on any atom is -0.00142 e. The Balaban J connectivity index is 2.16. The van der Waals surface area contributed by atoms with E-state index in [1.165, 1.54) is 5.56 Å².